The summed E-state index contributed by atoms with van der Waals surface area (Å²) in [4.78, 5) is 8.19. The molecule has 1 aliphatic rings. The van der Waals surface area contributed by atoms with E-state index in [0.29, 0.717) is 5.92 Å². The van der Waals surface area contributed by atoms with Crippen LogP contribution in [-0.4, -0.2) is 17.1 Å². The number of nitrogens with zero attached hydrogens (tertiary/aromatic N) is 1. The maximum Gasteiger partial charge on any atom is 0.121 e. The summed E-state index contributed by atoms with van der Waals surface area (Å²) in [6.45, 7) is 2.35. The summed E-state index contributed by atoms with van der Waals surface area (Å²) < 4.78 is 5.24. The van der Waals surface area contributed by atoms with Crippen LogP contribution in [0.4, 0.5) is 0 Å². The number of fused-ring (bicyclic) bond motifs is 1. The van der Waals surface area contributed by atoms with Crippen LogP contribution in [0.2, 0.25) is 0 Å². The molecule has 1 N–H and O–H groups in total. The van der Waals surface area contributed by atoms with E-state index in [0.717, 1.165) is 28.5 Å². The molecular formula is C15H20N2O. The highest BCUT2D eigenvalue weighted by molar-refractivity contribution is 5.76. The highest BCUT2D eigenvalue weighted by atomic mass is 16.5. The molecule has 1 aromatic heterocycles. The number of aromatic amines is 1. The van der Waals surface area contributed by atoms with E-state index in [2.05, 4.69) is 11.9 Å². The number of hydrogen-bond acceptors (Lipinski definition) is 2. The first-order valence-electron chi connectivity index (χ1n) is 6.80. The lowest BCUT2D eigenvalue weighted by molar-refractivity contribution is 0.341. The summed E-state index contributed by atoms with van der Waals surface area (Å²) in [5, 5.41) is 0. The second-order valence-corrected chi connectivity index (χ2v) is 5.46. The molecule has 1 aromatic carbocycles. The molecule has 0 radical (unpaired) electrons. The summed E-state index contributed by atoms with van der Waals surface area (Å²) in [6, 6.07) is 6.02. The Morgan fingerprint density at radius 2 is 2.00 bits per heavy atom. The Kier molecular flexibility index (Phi) is 2.98. The summed E-state index contributed by atoms with van der Waals surface area (Å²) in [7, 11) is 1.70. The van der Waals surface area contributed by atoms with Gasteiger partial charge < -0.3 is 9.72 Å². The number of rotatable bonds is 2. The standard InChI is InChI=1S/C15H20N2O/c1-10-3-5-11(6-4-10)15-16-13-8-7-12(18-2)9-14(13)17-15/h7-11H,3-6H2,1-2H3,(H,16,17). The number of benzene rings is 1. The van der Waals surface area contributed by atoms with Gasteiger partial charge in [0.25, 0.3) is 0 Å². The van der Waals surface area contributed by atoms with E-state index in [4.69, 9.17) is 9.72 Å². The zero-order valence-electron chi connectivity index (χ0n) is 11.1. The molecule has 0 amide bonds. The van der Waals surface area contributed by atoms with E-state index < -0.39 is 0 Å². The van der Waals surface area contributed by atoms with Crippen molar-refractivity contribution in [2.24, 2.45) is 5.92 Å². The summed E-state index contributed by atoms with van der Waals surface area (Å²) in [5.74, 6) is 3.53. The zero-order valence-corrected chi connectivity index (χ0v) is 11.1. The molecule has 18 heavy (non-hydrogen) atoms. The minimum atomic E-state index is 0.611. The van der Waals surface area contributed by atoms with Gasteiger partial charge in [-0.25, -0.2) is 4.98 Å². The summed E-state index contributed by atoms with van der Waals surface area (Å²) in [5.41, 5.74) is 2.13. The van der Waals surface area contributed by atoms with Crippen LogP contribution in [0.25, 0.3) is 11.0 Å². The first kappa shape index (κ1) is 11.6. The molecule has 3 heteroatoms. The van der Waals surface area contributed by atoms with Crippen molar-refractivity contribution in [3.8, 4) is 5.75 Å². The molecule has 0 bridgehead atoms. The number of methoxy groups -OCH3 is 1. The SMILES string of the molecule is COc1ccc2nc(C3CCC(C)CC3)[nH]c2c1. The van der Waals surface area contributed by atoms with Crippen molar-refractivity contribution >= 4 is 11.0 Å². The van der Waals surface area contributed by atoms with Gasteiger partial charge in [0, 0.05) is 12.0 Å². The molecule has 2 aromatic rings. The fraction of sp³-hybridized carbons (Fsp3) is 0.533. The third-order valence-corrected chi connectivity index (χ3v) is 4.11. The van der Waals surface area contributed by atoms with E-state index in [-0.39, 0.29) is 0 Å². The molecule has 96 valence electrons. The van der Waals surface area contributed by atoms with E-state index in [9.17, 15) is 0 Å². The van der Waals surface area contributed by atoms with Crippen molar-refractivity contribution < 1.29 is 4.74 Å². The van der Waals surface area contributed by atoms with E-state index >= 15 is 0 Å². The maximum atomic E-state index is 5.24. The minimum Gasteiger partial charge on any atom is -0.497 e. The van der Waals surface area contributed by atoms with Crippen LogP contribution in [0, 0.1) is 5.92 Å². The van der Waals surface area contributed by atoms with Crippen molar-refractivity contribution in [2.45, 2.75) is 38.5 Å². The fourth-order valence-electron chi connectivity index (χ4n) is 2.86. The molecule has 1 fully saturated rings. The van der Waals surface area contributed by atoms with Gasteiger partial charge in [0.15, 0.2) is 0 Å². The Bertz CT molecular complexity index is 538. The molecule has 0 unspecified atom stereocenters. The van der Waals surface area contributed by atoms with Gasteiger partial charge in [-0.05, 0) is 30.9 Å². The third kappa shape index (κ3) is 2.09. The van der Waals surface area contributed by atoms with Crippen molar-refractivity contribution in [2.75, 3.05) is 7.11 Å². The number of nitrogens with one attached hydrogen (secondary N) is 1. The quantitative estimate of drug-likeness (QED) is 0.871. The Morgan fingerprint density at radius 1 is 1.22 bits per heavy atom. The van der Waals surface area contributed by atoms with Crippen molar-refractivity contribution in [1.29, 1.82) is 0 Å². The van der Waals surface area contributed by atoms with E-state index in [1.807, 2.05) is 18.2 Å². The largest absolute Gasteiger partial charge is 0.497 e. The predicted octanol–water partition coefficient (Wildman–Crippen LogP) is 3.87. The molecule has 1 heterocycles. The van der Waals surface area contributed by atoms with Crippen LogP contribution in [0.1, 0.15) is 44.3 Å². The van der Waals surface area contributed by atoms with Crippen LogP contribution < -0.4 is 4.74 Å². The predicted molar refractivity (Wildman–Crippen MR) is 73.0 cm³/mol. The van der Waals surface area contributed by atoms with Crippen LogP contribution in [0.5, 0.6) is 5.75 Å². The molecule has 0 spiro atoms. The number of ether oxygens (including phenoxy) is 1. The molecule has 1 saturated carbocycles. The Balaban J connectivity index is 1.88. The van der Waals surface area contributed by atoms with Gasteiger partial charge in [-0.2, -0.15) is 0 Å². The molecule has 3 rings (SSSR count). The molecule has 0 atom stereocenters. The highest BCUT2D eigenvalue weighted by Gasteiger charge is 2.22. The maximum absolute atomic E-state index is 5.24. The molecule has 1 aliphatic carbocycles. The second-order valence-electron chi connectivity index (χ2n) is 5.46. The van der Waals surface area contributed by atoms with Gasteiger partial charge in [-0.1, -0.05) is 19.8 Å². The monoisotopic (exact) mass is 244 g/mol. The van der Waals surface area contributed by atoms with Crippen LogP contribution >= 0.6 is 0 Å². The first-order chi connectivity index (χ1) is 8.76. The molecular weight excluding hydrogens is 224 g/mol. The average molecular weight is 244 g/mol. The average Bonchev–Trinajstić information content (AvgIpc) is 2.82. The van der Waals surface area contributed by atoms with Crippen molar-refractivity contribution in [1.82, 2.24) is 9.97 Å². The number of imidazole rings is 1. The first-order valence-corrected chi connectivity index (χ1v) is 6.80. The highest BCUT2D eigenvalue weighted by Crippen LogP contribution is 2.35. The Labute approximate surface area is 108 Å². The summed E-state index contributed by atoms with van der Waals surface area (Å²) in [6.07, 6.45) is 5.17. The van der Waals surface area contributed by atoms with Crippen LogP contribution in [0.3, 0.4) is 0 Å². The van der Waals surface area contributed by atoms with Crippen molar-refractivity contribution in [3.05, 3.63) is 24.0 Å². The third-order valence-electron chi connectivity index (χ3n) is 4.11. The zero-order chi connectivity index (χ0) is 12.5. The van der Waals surface area contributed by atoms with Gasteiger partial charge in [0.2, 0.25) is 0 Å². The van der Waals surface area contributed by atoms with Gasteiger partial charge in [-0.15, -0.1) is 0 Å². The minimum absolute atomic E-state index is 0.611. The Hall–Kier alpha value is -1.51. The Morgan fingerprint density at radius 3 is 2.72 bits per heavy atom. The molecule has 3 nitrogen and oxygen atoms in total. The lowest BCUT2D eigenvalue weighted by atomic mass is 9.83. The molecule has 0 aliphatic heterocycles. The van der Waals surface area contributed by atoms with Gasteiger partial charge in [-0.3, -0.25) is 0 Å². The summed E-state index contributed by atoms with van der Waals surface area (Å²) >= 11 is 0. The topological polar surface area (TPSA) is 37.9 Å². The van der Waals surface area contributed by atoms with E-state index in [1.165, 1.54) is 25.7 Å². The normalized spacial score (nSPS) is 24.3. The van der Waals surface area contributed by atoms with Crippen molar-refractivity contribution in [3.63, 3.8) is 0 Å². The number of H-pyrrole nitrogens is 1. The smallest absolute Gasteiger partial charge is 0.121 e. The van der Waals surface area contributed by atoms with Crippen LogP contribution in [-0.2, 0) is 0 Å². The second kappa shape index (κ2) is 4.63. The lowest BCUT2D eigenvalue weighted by Gasteiger charge is -2.24. The lowest BCUT2D eigenvalue weighted by Crippen LogP contribution is -2.11. The van der Waals surface area contributed by atoms with E-state index in [1.54, 1.807) is 7.11 Å². The van der Waals surface area contributed by atoms with Crippen LogP contribution in [0.15, 0.2) is 18.2 Å². The molecule has 0 saturated heterocycles. The van der Waals surface area contributed by atoms with Gasteiger partial charge in [0.05, 0.1) is 18.1 Å². The number of hydrogen-bond donors (Lipinski definition) is 1. The van der Waals surface area contributed by atoms with Gasteiger partial charge in [0.1, 0.15) is 11.6 Å². The van der Waals surface area contributed by atoms with Gasteiger partial charge >= 0.3 is 0 Å². The number of aromatic nitrogens is 2. The fourth-order valence-corrected chi connectivity index (χ4v) is 2.86.